The summed E-state index contributed by atoms with van der Waals surface area (Å²) in [5, 5.41) is 0. The summed E-state index contributed by atoms with van der Waals surface area (Å²) in [6.45, 7) is 0. The first kappa shape index (κ1) is 7.18. The molecule has 0 bridgehead atoms. The van der Waals surface area contributed by atoms with Crippen molar-refractivity contribution in [1.82, 2.24) is 0 Å². The molecule has 2 aromatic rings. The topological polar surface area (TPSA) is 52.3 Å². The highest BCUT2D eigenvalue weighted by molar-refractivity contribution is 5.25. The minimum atomic E-state index is -0.150. The van der Waals surface area contributed by atoms with Crippen molar-refractivity contribution in [3.63, 3.8) is 0 Å². The van der Waals surface area contributed by atoms with Gasteiger partial charge in [-0.15, -0.1) is 0 Å². The third-order valence-corrected chi connectivity index (χ3v) is 1.80. The number of hydrogen-bond acceptors (Lipinski definition) is 3. The highest BCUT2D eigenvalue weighted by Gasteiger charge is 2.10. The minimum Gasteiger partial charge on any atom is -0.472 e. The van der Waals surface area contributed by atoms with E-state index in [0.29, 0.717) is 0 Å². The van der Waals surface area contributed by atoms with E-state index in [-0.39, 0.29) is 6.04 Å². The lowest BCUT2D eigenvalue weighted by atomic mass is 10.1. The Morgan fingerprint density at radius 1 is 1.00 bits per heavy atom. The van der Waals surface area contributed by atoms with Crippen molar-refractivity contribution in [3.05, 3.63) is 48.3 Å². The first-order chi connectivity index (χ1) is 5.88. The van der Waals surface area contributed by atoms with Gasteiger partial charge < -0.3 is 14.6 Å². The molecule has 2 rings (SSSR count). The molecule has 0 unspecified atom stereocenters. The first-order valence-corrected chi connectivity index (χ1v) is 3.67. The van der Waals surface area contributed by atoms with Crippen LogP contribution in [0.2, 0.25) is 0 Å². The van der Waals surface area contributed by atoms with Crippen molar-refractivity contribution < 1.29 is 8.83 Å². The van der Waals surface area contributed by atoms with Crippen LogP contribution in [0.1, 0.15) is 17.2 Å². The number of rotatable bonds is 2. The molecule has 0 aliphatic rings. The van der Waals surface area contributed by atoms with E-state index in [1.54, 1.807) is 25.1 Å². The van der Waals surface area contributed by atoms with Crippen LogP contribution in [-0.2, 0) is 0 Å². The maximum atomic E-state index is 5.89. The summed E-state index contributed by atoms with van der Waals surface area (Å²) >= 11 is 0. The molecular formula is C9H9NO2. The quantitative estimate of drug-likeness (QED) is 0.735. The summed E-state index contributed by atoms with van der Waals surface area (Å²) in [6.07, 6.45) is 6.49. The van der Waals surface area contributed by atoms with Crippen molar-refractivity contribution in [2.75, 3.05) is 0 Å². The molecular weight excluding hydrogens is 154 g/mol. The maximum Gasteiger partial charge on any atom is 0.0953 e. The largest absolute Gasteiger partial charge is 0.472 e. The van der Waals surface area contributed by atoms with Gasteiger partial charge in [-0.3, -0.25) is 0 Å². The zero-order chi connectivity index (χ0) is 8.39. The van der Waals surface area contributed by atoms with Crippen LogP contribution in [0.4, 0.5) is 0 Å². The zero-order valence-electron chi connectivity index (χ0n) is 6.44. The molecule has 2 N–H and O–H groups in total. The van der Waals surface area contributed by atoms with E-state index >= 15 is 0 Å². The molecule has 3 heteroatoms. The van der Waals surface area contributed by atoms with Gasteiger partial charge in [-0.1, -0.05) is 0 Å². The second kappa shape index (κ2) is 2.87. The van der Waals surface area contributed by atoms with Crippen LogP contribution in [0, 0.1) is 0 Å². The summed E-state index contributed by atoms with van der Waals surface area (Å²) in [4.78, 5) is 0. The summed E-state index contributed by atoms with van der Waals surface area (Å²) in [5.74, 6) is 0. The van der Waals surface area contributed by atoms with Crippen molar-refractivity contribution in [2.45, 2.75) is 6.04 Å². The second-order valence-electron chi connectivity index (χ2n) is 2.59. The lowest BCUT2D eigenvalue weighted by molar-refractivity contribution is 0.556. The van der Waals surface area contributed by atoms with Crippen LogP contribution >= 0.6 is 0 Å². The highest BCUT2D eigenvalue weighted by atomic mass is 16.3. The predicted molar refractivity (Wildman–Crippen MR) is 43.4 cm³/mol. The number of hydrogen-bond donors (Lipinski definition) is 1. The van der Waals surface area contributed by atoms with Crippen LogP contribution in [-0.4, -0.2) is 0 Å². The highest BCUT2D eigenvalue weighted by Crippen LogP contribution is 2.19. The Hall–Kier alpha value is -1.48. The normalized spacial score (nSPS) is 10.8. The molecule has 0 aliphatic heterocycles. The van der Waals surface area contributed by atoms with Crippen LogP contribution in [0.5, 0.6) is 0 Å². The van der Waals surface area contributed by atoms with Gasteiger partial charge >= 0.3 is 0 Å². The molecule has 0 fully saturated rings. The van der Waals surface area contributed by atoms with Gasteiger partial charge in [-0.05, 0) is 12.1 Å². The van der Waals surface area contributed by atoms with E-state index in [9.17, 15) is 0 Å². The molecule has 0 saturated carbocycles. The van der Waals surface area contributed by atoms with Crippen molar-refractivity contribution in [1.29, 1.82) is 0 Å². The standard InChI is InChI=1S/C9H9NO2/c10-9(7-1-3-11-5-7)8-2-4-12-6-8/h1-6,9H,10H2. The molecule has 62 valence electrons. The Bertz CT molecular complexity index is 289. The van der Waals surface area contributed by atoms with E-state index in [0.717, 1.165) is 11.1 Å². The fraction of sp³-hybridized carbons (Fsp3) is 0.111. The Kier molecular flexibility index (Phi) is 1.72. The van der Waals surface area contributed by atoms with Crippen molar-refractivity contribution in [3.8, 4) is 0 Å². The smallest absolute Gasteiger partial charge is 0.0953 e. The van der Waals surface area contributed by atoms with Gasteiger partial charge in [0, 0.05) is 11.1 Å². The van der Waals surface area contributed by atoms with E-state index in [4.69, 9.17) is 14.6 Å². The van der Waals surface area contributed by atoms with Gasteiger partial charge in [0.15, 0.2) is 0 Å². The molecule has 0 spiro atoms. The monoisotopic (exact) mass is 163 g/mol. The third kappa shape index (κ3) is 1.14. The van der Waals surface area contributed by atoms with Crippen LogP contribution in [0.3, 0.4) is 0 Å². The van der Waals surface area contributed by atoms with Crippen LogP contribution < -0.4 is 5.73 Å². The fourth-order valence-electron chi connectivity index (χ4n) is 1.10. The molecule has 3 nitrogen and oxygen atoms in total. The molecule has 0 atom stereocenters. The lowest BCUT2D eigenvalue weighted by Crippen LogP contribution is -2.09. The van der Waals surface area contributed by atoms with Crippen molar-refractivity contribution in [2.24, 2.45) is 5.73 Å². The first-order valence-electron chi connectivity index (χ1n) is 3.67. The van der Waals surface area contributed by atoms with Gasteiger partial charge in [0.05, 0.1) is 31.1 Å². The van der Waals surface area contributed by atoms with E-state index < -0.39 is 0 Å². The summed E-state index contributed by atoms with van der Waals surface area (Å²) in [5.41, 5.74) is 7.80. The molecule has 0 radical (unpaired) electrons. The molecule has 0 aromatic carbocycles. The van der Waals surface area contributed by atoms with Gasteiger partial charge in [0.2, 0.25) is 0 Å². The van der Waals surface area contributed by atoms with Crippen LogP contribution in [0.15, 0.2) is 46.0 Å². The van der Waals surface area contributed by atoms with Gasteiger partial charge in [-0.2, -0.15) is 0 Å². The average Bonchev–Trinajstić information content (AvgIpc) is 2.77. The van der Waals surface area contributed by atoms with Gasteiger partial charge in [0.25, 0.3) is 0 Å². The van der Waals surface area contributed by atoms with Crippen molar-refractivity contribution >= 4 is 0 Å². The van der Waals surface area contributed by atoms with Crippen LogP contribution in [0.25, 0.3) is 0 Å². The Morgan fingerprint density at radius 2 is 1.50 bits per heavy atom. The average molecular weight is 163 g/mol. The molecule has 0 saturated heterocycles. The fourth-order valence-corrected chi connectivity index (χ4v) is 1.10. The van der Waals surface area contributed by atoms with Gasteiger partial charge in [-0.25, -0.2) is 0 Å². The predicted octanol–water partition coefficient (Wildman–Crippen LogP) is 1.92. The minimum absolute atomic E-state index is 0.150. The van der Waals surface area contributed by atoms with Gasteiger partial charge in [0.1, 0.15) is 0 Å². The molecule has 0 aliphatic carbocycles. The van der Waals surface area contributed by atoms with E-state index in [1.807, 2.05) is 12.1 Å². The maximum absolute atomic E-state index is 5.89. The van der Waals surface area contributed by atoms with E-state index in [1.165, 1.54) is 0 Å². The van der Waals surface area contributed by atoms with E-state index in [2.05, 4.69) is 0 Å². The summed E-state index contributed by atoms with van der Waals surface area (Å²) in [7, 11) is 0. The number of furan rings is 2. The molecule has 2 aromatic heterocycles. The molecule has 0 amide bonds. The second-order valence-corrected chi connectivity index (χ2v) is 2.59. The summed E-state index contributed by atoms with van der Waals surface area (Å²) in [6, 6.07) is 3.54. The summed E-state index contributed by atoms with van der Waals surface area (Å²) < 4.78 is 9.85. The zero-order valence-corrected chi connectivity index (χ0v) is 6.44. The molecule has 2 heterocycles. The number of nitrogens with two attached hydrogens (primary N) is 1. The SMILES string of the molecule is NC(c1ccoc1)c1ccoc1. The third-order valence-electron chi connectivity index (χ3n) is 1.80. The molecule has 12 heavy (non-hydrogen) atoms. The Balaban J connectivity index is 2.27. The Labute approximate surface area is 69.8 Å². The lowest BCUT2D eigenvalue weighted by Gasteiger charge is -2.04. The Morgan fingerprint density at radius 3 is 1.83 bits per heavy atom.